The van der Waals surface area contributed by atoms with Crippen molar-refractivity contribution >= 4 is 23.6 Å². The van der Waals surface area contributed by atoms with Gasteiger partial charge in [-0.25, -0.2) is 13.6 Å². The van der Waals surface area contributed by atoms with Gasteiger partial charge in [-0.1, -0.05) is 0 Å². The van der Waals surface area contributed by atoms with Crippen LogP contribution < -0.4 is 15.0 Å². The molecule has 0 saturated carbocycles. The number of ether oxygens (including phenoxy) is 2. The Balaban J connectivity index is 1.74. The minimum atomic E-state index is -2.75. The van der Waals surface area contributed by atoms with E-state index in [1.54, 1.807) is 26.8 Å². The van der Waals surface area contributed by atoms with Gasteiger partial charge in [0, 0.05) is 38.5 Å². The largest absolute Gasteiger partial charge is 0.489 e. The number of rotatable bonds is 2. The van der Waals surface area contributed by atoms with Crippen LogP contribution in [0.15, 0.2) is 18.2 Å². The van der Waals surface area contributed by atoms with E-state index in [9.17, 15) is 23.2 Å². The second kappa shape index (κ2) is 8.32. The fraction of sp³-hybridized carbons (Fsp3) is 0.571. The van der Waals surface area contributed by atoms with Crippen LogP contribution in [0.1, 0.15) is 44.0 Å². The lowest BCUT2D eigenvalue weighted by atomic mass is 10.0. The molecular weight excluding hydrogens is 412 g/mol. The molecule has 0 aliphatic carbocycles. The van der Waals surface area contributed by atoms with Crippen molar-refractivity contribution in [2.75, 3.05) is 31.6 Å². The number of fused-ring (bicyclic) bond motifs is 1. The molecule has 2 aliphatic rings. The molecule has 3 rings (SSSR count). The van der Waals surface area contributed by atoms with E-state index in [0.717, 1.165) is 0 Å². The molecule has 2 aliphatic heterocycles. The zero-order valence-corrected chi connectivity index (χ0v) is 18.0. The Labute approximate surface area is 179 Å². The number of anilines is 1. The molecule has 0 aromatic heterocycles. The molecule has 8 nitrogen and oxygen atoms in total. The third kappa shape index (κ3) is 5.42. The van der Waals surface area contributed by atoms with Crippen molar-refractivity contribution in [3.8, 4) is 5.75 Å². The zero-order chi connectivity index (χ0) is 23.0. The van der Waals surface area contributed by atoms with Gasteiger partial charge in [0.2, 0.25) is 0 Å². The molecule has 170 valence electrons. The van der Waals surface area contributed by atoms with Crippen molar-refractivity contribution in [2.45, 2.75) is 51.2 Å². The summed E-state index contributed by atoms with van der Waals surface area (Å²) in [7, 11) is 1.51. The summed E-state index contributed by atoms with van der Waals surface area (Å²) >= 11 is 0. The zero-order valence-electron chi connectivity index (χ0n) is 18.0. The maximum absolute atomic E-state index is 13.4. The van der Waals surface area contributed by atoms with E-state index >= 15 is 0 Å². The summed E-state index contributed by atoms with van der Waals surface area (Å²) in [5.74, 6) is -3.20. The molecule has 0 bridgehead atoms. The van der Waals surface area contributed by atoms with Gasteiger partial charge >= 0.3 is 6.09 Å². The lowest BCUT2D eigenvalue weighted by Crippen LogP contribution is -2.50. The predicted octanol–water partition coefficient (Wildman–Crippen LogP) is 2.81. The molecule has 1 aromatic rings. The van der Waals surface area contributed by atoms with E-state index < -0.39 is 29.6 Å². The van der Waals surface area contributed by atoms with E-state index in [1.807, 2.05) is 0 Å². The SMILES string of the molecule is CN1C(=O)[C@@H](NC(=O)OC(C)(C)C)COc2ccc(C(=O)N3CCC(F)(F)CC3)cc21. The minimum absolute atomic E-state index is 0.0317. The molecular formula is C21H27F2N3O5. The topological polar surface area (TPSA) is 88.2 Å². The second-order valence-corrected chi connectivity index (χ2v) is 8.74. The van der Waals surface area contributed by atoms with Gasteiger partial charge in [0.05, 0.1) is 5.69 Å². The number of carbonyl (C=O) groups excluding carboxylic acids is 3. The first-order valence-corrected chi connectivity index (χ1v) is 10.1. The van der Waals surface area contributed by atoms with E-state index in [4.69, 9.17) is 9.47 Å². The number of nitrogens with one attached hydrogen (secondary N) is 1. The molecule has 1 aromatic carbocycles. The quantitative estimate of drug-likeness (QED) is 0.766. The van der Waals surface area contributed by atoms with Crippen LogP contribution in [-0.2, 0) is 9.53 Å². The van der Waals surface area contributed by atoms with Crippen LogP contribution >= 0.6 is 0 Å². The van der Waals surface area contributed by atoms with Crippen LogP contribution in [-0.4, -0.2) is 67.1 Å². The molecule has 31 heavy (non-hydrogen) atoms. The molecule has 3 amide bonds. The van der Waals surface area contributed by atoms with Crippen LogP contribution in [0.2, 0.25) is 0 Å². The van der Waals surface area contributed by atoms with Crippen molar-refractivity contribution in [1.29, 1.82) is 0 Å². The Hall–Kier alpha value is -2.91. The van der Waals surface area contributed by atoms with E-state index in [-0.39, 0.29) is 44.0 Å². The van der Waals surface area contributed by atoms with Crippen molar-refractivity contribution in [2.24, 2.45) is 0 Å². The average Bonchev–Trinajstić information content (AvgIpc) is 2.78. The fourth-order valence-corrected chi connectivity index (χ4v) is 3.40. The van der Waals surface area contributed by atoms with Crippen LogP contribution in [0, 0.1) is 0 Å². The monoisotopic (exact) mass is 439 g/mol. The Morgan fingerprint density at radius 1 is 1.23 bits per heavy atom. The third-order valence-corrected chi connectivity index (χ3v) is 5.07. The molecule has 1 saturated heterocycles. The Kier molecular flexibility index (Phi) is 6.11. The van der Waals surface area contributed by atoms with Gasteiger partial charge in [-0.3, -0.25) is 9.59 Å². The Bertz CT molecular complexity index is 874. The molecule has 2 heterocycles. The van der Waals surface area contributed by atoms with Crippen LogP contribution in [0.5, 0.6) is 5.75 Å². The standard InChI is InChI=1S/C21H27F2N3O5/c1-20(2,3)31-19(29)24-14-12-30-16-6-5-13(11-15(16)25(4)18(14)28)17(27)26-9-7-21(22,23)8-10-26/h5-6,11,14H,7-10,12H2,1-4H3,(H,24,29)/t14-/m0/s1. The van der Waals surface area contributed by atoms with E-state index in [2.05, 4.69) is 5.32 Å². The number of carbonyl (C=O) groups is 3. The Morgan fingerprint density at radius 2 is 1.87 bits per heavy atom. The first kappa shape index (κ1) is 22.8. The molecule has 1 atom stereocenters. The molecule has 1 fully saturated rings. The molecule has 1 N–H and O–H groups in total. The van der Waals surface area contributed by atoms with Crippen molar-refractivity contribution < 1.29 is 32.6 Å². The van der Waals surface area contributed by atoms with E-state index in [0.29, 0.717) is 11.4 Å². The lowest BCUT2D eigenvalue weighted by molar-refractivity contribution is -0.120. The first-order valence-electron chi connectivity index (χ1n) is 10.1. The van der Waals surface area contributed by atoms with Crippen molar-refractivity contribution in [3.05, 3.63) is 23.8 Å². The molecule has 0 unspecified atom stereocenters. The number of likely N-dealkylation sites (tertiary alicyclic amines) is 1. The van der Waals surface area contributed by atoms with Gasteiger partial charge in [0.25, 0.3) is 17.7 Å². The van der Waals surface area contributed by atoms with Crippen LogP contribution in [0.25, 0.3) is 0 Å². The second-order valence-electron chi connectivity index (χ2n) is 8.74. The van der Waals surface area contributed by atoms with Crippen molar-refractivity contribution in [3.63, 3.8) is 0 Å². The van der Waals surface area contributed by atoms with Crippen LogP contribution in [0.4, 0.5) is 19.3 Å². The molecule has 0 spiro atoms. The summed E-state index contributed by atoms with van der Waals surface area (Å²) in [6.45, 7) is 4.96. The lowest BCUT2D eigenvalue weighted by Gasteiger charge is -2.32. The smallest absolute Gasteiger partial charge is 0.408 e. The normalized spacial score (nSPS) is 21.0. The highest BCUT2D eigenvalue weighted by atomic mass is 19.3. The van der Waals surface area contributed by atoms with Gasteiger partial charge in [-0.2, -0.15) is 0 Å². The number of hydrogen-bond donors (Lipinski definition) is 1. The summed E-state index contributed by atoms with van der Waals surface area (Å²) in [6, 6.07) is 3.61. The highest BCUT2D eigenvalue weighted by Gasteiger charge is 2.36. The molecule has 0 radical (unpaired) electrons. The summed E-state index contributed by atoms with van der Waals surface area (Å²) in [5.41, 5.74) is -0.0983. The van der Waals surface area contributed by atoms with Gasteiger partial charge in [0.15, 0.2) is 0 Å². The average molecular weight is 439 g/mol. The van der Waals surface area contributed by atoms with Crippen molar-refractivity contribution in [1.82, 2.24) is 10.2 Å². The van der Waals surface area contributed by atoms with Crippen LogP contribution in [0.3, 0.4) is 0 Å². The van der Waals surface area contributed by atoms with Gasteiger partial charge in [0.1, 0.15) is 24.0 Å². The maximum Gasteiger partial charge on any atom is 0.408 e. The highest BCUT2D eigenvalue weighted by Crippen LogP contribution is 2.33. The summed E-state index contributed by atoms with van der Waals surface area (Å²) in [5, 5.41) is 2.50. The fourth-order valence-electron chi connectivity index (χ4n) is 3.40. The number of halogens is 2. The van der Waals surface area contributed by atoms with Gasteiger partial charge < -0.3 is 24.6 Å². The predicted molar refractivity (Wildman–Crippen MR) is 109 cm³/mol. The summed E-state index contributed by atoms with van der Waals surface area (Å²) in [4.78, 5) is 40.4. The number of hydrogen-bond acceptors (Lipinski definition) is 5. The minimum Gasteiger partial charge on any atom is -0.489 e. The maximum atomic E-state index is 13.4. The Morgan fingerprint density at radius 3 is 2.48 bits per heavy atom. The third-order valence-electron chi connectivity index (χ3n) is 5.07. The number of alkyl halides is 2. The number of likely N-dealkylation sites (N-methyl/N-ethyl adjacent to an activating group) is 1. The summed E-state index contributed by atoms with van der Waals surface area (Å²) < 4.78 is 37.7. The number of alkyl carbamates (subject to hydrolysis) is 1. The number of piperidine rings is 1. The number of benzene rings is 1. The highest BCUT2D eigenvalue weighted by molar-refractivity contribution is 6.02. The van der Waals surface area contributed by atoms with Gasteiger partial charge in [-0.15, -0.1) is 0 Å². The first-order chi connectivity index (χ1) is 14.4. The number of nitrogens with zero attached hydrogens (tertiary/aromatic N) is 2. The number of amides is 3. The summed E-state index contributed by atoms with van der Waals surface area (Å²) in [6.07, 6.45) is -1.49. The van der Waals surface area contributed by atoms with Gasteiger partial charge in [-0.05, 0) is 39.0 Å². The van der Waals surface area contributed by atoms with E-state index in [1.165, 1.54) is 29.0 Å². The molecule has 10 heteroatoms.